The van der Waals surface area contributed by atoms with Crippen molar-refractivity contribution in [1.82, 2.24) is 9.78 Å². The molecule has 2 N–H and O–H groups in total. The van der Waals surface area contributed by atoms with E-state index >= 15 is 0 Å². The lowest BCUT2D eigenvalue weighted by atomic mass is 9.81. The molecule has 2 heterocycles. The minimum atomic E-state index is -0.236. The van der Waals surface area contributed by atoms with Gasteiger partial charge in [-0.3, -0.25) is 0 Å². The maximum atomic E-state index is 13.3. The quantitative estimate of drug-likeness (QED) is 0.278. The van der Waals surface area contributed by atoms with Gasteiger partial charge in [0.15, 0.2) is 0 Å². The number of benzene rings is 2. The predicted octanol–water partition coefficient (Wildman–Crippen LogP) is 5.11. The second kappa shape index (κ2) is 8.37. The molecule has 1 aliphatic heterocycles. The van der Waals surface area contributed by atoms with Crippen LogP contribution in [0.4, 0.5) is 4.39 Å². The van der Waals surface area contributed by atoms with Gasteiger partial charge in [-0.15, -0.1) is 23.3 Å². The molecule has 1 spiro atoms. The fourth-order valence-electron chi connectivity index (χ4n) is 5.58. The number of epoxide rings is 1. The van der Waals surface area contributed by atoms with Crippen LogP contribution in [-0.4, -0.2) is 21.0 Å². The molecule has 1 saturated heterocycles. The Kier molecular flexibility index (Phi) is 5.70. The topological polar surface area (TPSA) is 56.4 Å². The zero-order chi connectivity index (χ0) is 22.3. The highest BCUT2D eigenvalue weighted by Gasteiger charge is 2.74. The fourth-order valence-corrected chi connectivity index (χ4v) is 5.58. The van der Waals surface area contributed by atoms with Crippen molar-refractivity contribution in [3.8, 4) is 5.69 Å². The molecule has 3 aromatic rings. The molecule has 2 atom stereocenters. The maximum Gasteiger partial charge on any atom is 0.123 e. The van der Waals surface area contributed by atoms with Crippen molar-refractivity contribution in [3.63, 3.8) is 0 Å². The average molecular weight is 468 g/mol. The summed E-state index contributed by atoms with van der Waals surface area (Å²) in [7, 11) is 0. The van der Waals surface area contributed by atoms with Crippen LogP contribution in [0.3, 0.4) is 0 Å². The van der Waals surface area contributed by atoms with Crippen molar-refractivity contribution in [2.75, 3.05) is 0 Å². The van der Waals surface area contributed by atoms with Gasteiger partial charge < -0.3 is 10.5 Å². The van der Waals surface area contributed by atoms with Crippen molar-refractivity contribution in [2.45, 2.75) is 49.9 Å². The van der Waals surface area contributed by atoms with Crippen LogP contribution >= 0.6 is 23.3 Å². The van der Waals surface area contributed by atoms with Crippen LogP contribution in [0.1, 0.15) is 41.6 Å². The van der Waals surface area contributed by atoms with Crippen LogP contribution in [-0.2, 0) is 24.1 Å². The second-order valence-corrected chi connectivity index (χ2v) is 8.69. The van der Waals surface area contributed by atoms with Crippen molar-refractivity contribution in [3.05, 3.63) is 88.5 Å². The monoisotopic (exact) mass is 467 g/mol. The van der Waals surface area contributed by atoms with Gasteiger partial charge in [-0.2, -0.15) is 5.10 Å². The van der Waals surface area contributed by atoms with E-state index in [1.807, 2.05) is 10.9 Å². The molecule has 166 valence electrons. The number of hydrogen-bond acceptors (Lipinski definition) is 5. The Labute approximate surface area is 197 Å². The highest BCUT2D eigenvalue weighted by molar-refractivity contribution is 8.59. The van der Waals surface area contributed by atoms with E-state index in [2.05, 4.69) is 58.8 Å². The van der Waals surface area contributed by atoms with Gasteiger partial charge in [0.1, 0.15) is 17.0 Å². The van der Waals surface area contributed by atoms with Gasteiger partial charge in [0, 0.05) is 18.5 Å². The molecule has 1 unspecified atom stereocenters. The third-order valence-corrected chi connectivity index (χ3v) is 7.23. The number of nitrogens with zero attached hydrogens (tertiary/aromatic N) is 2. The Morgan fingerprint density at radius 1 is 1.09 bits per heavy atom. The van der Waals surface area contributed by atoms with Crippen LogP contribution in [0.5, 0.6) is 0 Å². The summed E-state index contributed by atoms with van der Waals surface area (Å²) in [6.07, 6.45) is 9.21. The molecule has 0 amide bonds. The number of aromatic nitrogens is 2. The Balaban J connectivity index is 0.00000105. The number of rotatable bonds is 5. The number of hydrogen-bond donors (Lipinski definition) is 3. The Bertz CT molecular complexity index is 1180. The lowest BCUT2D eigenvalue weighted by molar-refractivity contribution is 0.235. The van der Waals surface area contributed by atoms with Gasteiger partial charge in [0.05, 0.1) is 17.6 Å². The van der Waals surface area contributed by atoms with Gasteiger partial charge in [0.25, 0.3) is 0 Å². The molecule has 32 heavy (non-hydrogen) atoms. The van der Waals surface area contributed by atoms with Gasteiger partial charge >= 0.3 is 0 Å². The van der Waals surface area contributed by atoms with Gasteiger partial charge in [-0.05, 0) is 72.7 Å². The summed E-state index contributed by atoms with van der Waals surface area (Å²) >= 11 is 6.44. The summed E-state index contributed by atoms with van der Waals surface area (Å²) in [5.74, 6) is -0.236. The molecule has 1 aromatic heterocycles. The first-order valence-electron chi connectivity index (χ1n) is 10.9. The number of ether oxygens (including phenoxy) is 1. The van der Waals surface area contributed by atoms with E-state index in [-0.39, 0.29) is 17.0 Å². The zero-order valence-corrected chi connectivity index (χ0v) is 19.5. The van der Waals surface area contributed by atoms with Gasteiger partial charge in [0.2, 0.25) is 0 Å². The first-order valence-corrected chi connectivity index (χ1v) is 12.5. The van der Waals surface area contributed by atoms with Crippen LogP contribution in [0.25, 0.3) is 11.8 Å². The average Bonchev–Trinajstić information content (AvgIpc) is 3.11. The zero-order valence-electron chi connectivity index (χ0n) is 17.7. The number of aryl methyl sites for hydroxylation is 1. The van der Waals surface area contributed by atoms with E-state index in [9.17, 15) is 4.39 Å². The molecule has 2 fully saturated rings. The highest BCUT2D eigenvalue weighted by atomic mass is 33.1. The minimum Gasteiger partial charge on any atom is -0.357 e. The van der Waals surface area contributed by atoms with Crippen molar-refractivity contribution in [1.29, 1.82) is 0 Å². The SMILES string of the molecule is NCc1ccccc1CC[C@]12CCC3=Cc4c(cnn4-c4ccc(F)cc4)CC31O2.SS. The minimum absolute atomic E-state index is 0.0593. The van der Waals surface area contributed by atoms with Crippen LogP contribution < -0.4 is 5.73 Å². The number of thiol groups is 2. The summed E-state index contributed by atoms with van der Waals surface area (Å²) in [4.78, 5) is 0. The van der Waals surface area contributed by atoms with E-state index in [1.165, 1.54) is 34.4 Å². The molecule has 7 heteroatoms. The van der Waals surface area contributed by atoms with Crippen LogP contribution in [0.15, 0.2) is 60.3 Å². The first kappa shape index (κ1) is 21.8. The summed E-state index contributed by atoms with van der Waals surface area (Å²) in [5, 5.41) is 4.59. The molecular weight excluding hydrogens is 441 g/mol. The fraction of sp³-hybridized carbons (Fsp3) is 0.320. The number of nitrogens with two attached hydrogens (primary N) is 1. The van der Waals surface area contributed by atoms with Gasteiger partial charge in [-0.1, -0.05) is 24.3 Å². The Hall–Kier alpha value is -2.06. The third-order valence-electron chi connectivity index (χ3n) is 7.23. The highest BCUT2D eigenvalue weighted by Crippen LogP contribution is 2.67. The van der Waals surface area contributed by atoms with E-state index in [0.717, 1.165) is 43.5 Å². The van der Waals surface area contributed by atoms with Crippen molar-refractivity contribution < 1.29 is 9.13 Å². The molecular formula is C25H26FN3OS2. The Morgan fingerprint density at radius 3 is 2.59 bits per heavy atom. The Morgan fingerprint density at radius 2 is 1.84 bits per heavy atom. The van der Waals surface area contributed by atoms with E-state index < -0.39 is 0 Å². The summed E-state index contributed by atoms with van der Waals surface area (Å²) in [6.45, 7) is 0.576. The summed E-state index contributed by atoms with van der Waals surface area (Å²) < 4.78 is 21.8. The normalized spacial score (nSPS) is 24.6. The first-order chi connectivity index (χ1) is 15.6. The lowest BCUT2D eigenvalue weighted by Gasteiger charge is -2.20. The van der Waals surface area contributed by atoms with E-state index in [0.29, 0.717) is 6.54 Å². The largest absolute Gasteiger partial charge is 0.357 e. The standard InChI is InChI=1S/C25H24FN3O.H2S2/c26-21-5-7-22(8-6-21)29-23-13-20-10-12-24(25(20,30-24)14-19(23)16-28-29)11-9-17-3-1-2-4-18(17)15-27;1-2/h1-8,13,16H,9-12,14-15,27H2;1-2H/t24-,25?;/m0./s1. The molecule has 3 aliphatic rings. The molecule has 6 rings (SSSR count). The molecule has 1 saturated carbocycles. The summed E-state index contributed by atoms with van der Waals surface area (Å²) in [6, 6.07) is 14.9. The lowest BCUT2D eigenvalue weighted by Crippen LogP contribution is -2.27. The third kappa shape index (κ3) is 3.34. The van der Waals surface area contributed by atoms with Crippen molar-refractivity contribution >= 4 is 29.4 Å². The van der Waals surface area contributed by atoms with Crippen LogP contribution in [0.2, 0.25) is 0 Å². The molecule has 2 aliphatic carbocycles. The molecule has 2 aromatic carbocycles. The predicted molar refractivity (Wildman–Crippen MR) is 132 cm³/mol. The van der Waals surface area contributed by atoms with Crippen LogP contribution in [0, 0.1) is 5.82 Å². The van der Waals surface area contributed by atoms with Crippen molar-refractivity contribution in [2.24, 2.45) is 5.73 Å². The molecule has 4 nitrogen and oxygen atoms in total. The smallest absolute Gasteiger partial charge is 0.123 e. The van der Waals surface area contributed by atoms with Gasteiger partial charge in [-0.25, -0.2) is 9.07 Å². The molecule has 0 bridgehead atoms. The summed E-state index contributed by atoms with van der Waals surface area (Å²) in [5.41, 5.74) is 12.8. The number of fused-ring (bicyclic) bond motifs is 1. The second-order valence-electron chi connectivity index (χ2n) is 8.69. The maximum absolute atomic E-state index is 13.3. The van der Waals surface area contributed by atoms with E-state index in [4.69, 9.17) is 10.5 Å². The molecule has 0 radical (unpaired) electrons. The number of halogens is 1. The van der Waals surface area contributed by atoms with E-state index in [1.54, 1.807) is 12.1 Å².